The molecule has 0 bridgehead atoms. The Morgan fingerprint density at radius 3 is 2.50 bits per heavy atom. The number of rotatable bonds is 4. The zero-order valence-corrected chi connectivity index (χ0v) is 9.95. The van der Waals surface area contributed by atoms with Gasteiger partial charge in [0.15, 0.2) is 0 Å². The zero-order chi connectivity index (χ0) is 11.4. The van der Waals surface area contributed by atoms with Gasteiger partial charge in [0.2, 0.25) is 5.91 Å². The van der Waals surface area contributed by atoms with E-state index in [-0.39, 0.29) is 12.5 Å². The van der Waals surface area contributed by atoms with Gasteiger partial charge in [0.25, 0.3) is 0 Å². The number of amides is 1. The molecule has 0 aromatic heterocycles. The summed E-state index contributed by atoms with van der Waals surface area (Å²) in [6, 6.07) is 0.698. The molecule has 2 aliphatic rings. The molecule has 5 heteroatoms. The fourth-order valence-electron chi connectivity index (χ4n) is 2.15. The third-order valence-corrected chi connectivity index (χ3v) is 3.37. The maximum Gasteiger partial charge on any atom is 0.248 e. The zero-order valence-electron chi connectivity index (χ0n) is 9.95. The Bertz CT molecular complexity index is 235. The molecule has 0 saturated carbocycles. The summed E-state index contributed by atoms with van der Waals surface area (Å²) in [5.74, 6) is 0.133. The largest absolute Gasteiger partial charge is 0.372 e. The van der Waals surface area contributed by atoms with Crippen LogP contribution in [0.5, 0.6) is 0 Å². The fourth-order valence-corrected chi connectivity index (χ4v) is 2.15. The summed E-state index contributed by atoms with van der Waals surface area (Å²) < 4.78 is 5.14. The first kappa shape index (κ1) is 11.8. The van der Waals surface area contributed by atoms with Crippen molar-refractivity contribution in [2.45, 2.75) is 13.0 Å². The highest BCUT2D eigenvalue weighted by Gasteiger charge is 2.28. The van der Waals surface area contributed by atoms with Crippen LogP contribution >= 0.6 is 0 Å². The molecule has 5 nitrogen and oxygen atoms in total. The van der Waals surface area contributed by atoms with Crippen LogP contribution in [0, 0.1) is 0 Å². The highest BCUT2D eigenvalue weighted by molar-refractivity contribution is 5.77. The van der Waals surface area contributed by atoms with Crippen LogP contribution in [-0.4, -0.2) is 74.2 Å². The van der Waals surface area contributed by atoms with Crippen molar-refractivity contribution in [3.8, 4) is 0 Å². The number of carbonyl (C=O) groups excluding carboxylic acids is 1. The van der Waals surface area contributed by atoms with Crippen LogP contribution in [0.2, 0.25) is 0 Å². The Balaban J connectivity index is 1.69. The van der Waals surface area contributed by atoms with Gasteiger partial charge in [0.05, 0.1) is 0 Å². The molecule has 2 rings (SSSR count). The van der Waals surface area contributed by atoms with Gasteiger partial charge in [-0.25, -0.2) is 0 Å². The summed E-state index contributed by atoms with van der Waals surface area (Å²) in [6.07, 6.45) is 0. The molecule has 0 aromatic carbocycles. The van der Waals surface area contributed by atoms with Crippen molar-refractivity contribution >= 4 is 5.91 Å². The molecule has 2 aliphatic heterocycles. The molecule has 2 heterocycles. The average Bonchev–Trinajstić information content (AvgIpc) is 2.24. The molecule has 0 spiro atoms. The van der Waals surface area contributed by atoms with Crippen molar-refractivity contribution in [3.63, 3.8) is 0 Å². The minimum atomic E-state index is 0.133. The standard InChI is InChI=1S/C11H21N3O2/c1-2-16-9-11(15)14-5-3-13(4-6-14)10-7-12-8-10/h10,12H,2-9H2,1H3. The van der Waals surface area contributed by atoms with E-state index in [0.29, 0.717) is 12.6 Å². The lowest BCUT2D eigenvalue weighted by molar-refractivity contribution is -0.138. The van der Waals surface area contributed by atoms with Crippen molar-refractivity contribution in [2.75, 3.05) is 52.5 Å². The van der Waals surface area contributed by atoms with E-state index in [2.05, 4.69) is 10.2 Å². The van der Waals surface area contributed by atoms with Crippen LogP contribution in [0.4, 0.5) is 0 Å². The predicted octanol–water partition coefficient (Wildman–Crippen LogP) is -0.861. The lowest BCUT2D eigenvalue weighted by Crippen LogP contribution is -2.62. The number of hydrogen-bond donors (Lipinski definition) is 1. The van der Waals surface area contributed by atoms with Crippen LogP contribution in [0.25, 0.3) is 0 Å². The Morgan fingerprint density at radius 2 is 2.00 bits per heavy atom. The van der Waals surface area contributed by atoms with Gasteiger partial charge in [0.1, 0.15) is 6.61 Å². The average molecular weight is 227 g/mol. The summed E-state index contributed by atoms with van der Waals surface area (Å²) in [4.78, 5) is 16.1. The van der Waals surface area contributed by atoms with Crippen LogP contribution in [-0.2, 0) is 9.53 Å². The molecular weight excluding hydrogens is 206 g/mol. The second-order valence-corrected chi connectivity index (χ2v) is 4.37. The van der Waals surface area contributed by atoms with E-state index in [0.717, 1.165) is 39.3 Å². The second-order valence-electron chi connectivity index (χ2n) is 4.37. The molecule has 2 fully saturated rings. The molecule has 0 radical (unpaired) electrons. The number of nitrogens with zero attached hydrogens (tertiary/aromatic N) is 2. The molecule has 2 saturated heterocycles. The molecule has 0 atom stereocenters. The van der Waals surface area contributed by atoms with Gasteiger partial charge >= 0.3 is 0 Å². The van der Waals surface area contributed by atoms with Crippen LogP contribution in [0.3, 0.4) is 0 Å². The Hall–Kier alpha value is -0.650. The van der Waals surface area contributed by atoms with Gasteiger partial charge in [-0.2, -0.15) is 0 Å². The Morgan fingerprint density at radius 1 is 1.31 bits per heavy atom. The van der Waals surface area contributed by atoms with Crippen molar-refractivity contribution in [1.29, 1.82) is 0 Å². The first-order valence-electron chi connectivity index (χ1n) is 6.11. The first-order chi connectivity index (χ1) is 7.81. The van der Waals surface area contributed by atoms with E-state index in [9.17, 15) is 4.79 Å². The monoisotopic (exact) mass is 227 g/mol. The number of carbonyl (C=O) groups is 1. The topological polar surface area (TPSA) is 44.8 Å². The summed E-state index contributed by atoms with van der Waals surface area (Å²) >= 11 is 0. The van der Waals surface area contributed by atoms with E-state index in [1.54, 1.807) is 0 Å². The first-order valence-corrected chi connectivity index (χ1v) is 6.11. The van der Waals surface area contributed by atoms with E-state index in [1.165, 1.54) is 0 Å². The van der Waals surface area contributed by atoms with Crippen molar-refractivity contribution < 1.29 is 9.53 Å². The summed E-state index contributed by atoms with van der Waals surface area (Å²) in [7, 11) is 0. The molecule has 92 valence electrons. The maximum absolute atomic E-state index is 11.7. The van der Waals surface area contributed by atoms with E-state index < -0.39 is 0 Å². The molecule has 0 unspecified atom stereocenters. The number of nitrogens with one attached hydrogen (secondary N) is 1. The van der Waals surface area contributed by atoms with Crippen LogP contribution in [0.1, 0.15) is 6.92 Å². The van der Waals surface area contributed by atoms with Gasteiger partial charge in [-0.05, 0) is 6.92 Å². The summed E-state index contributed by atoms with van der Waals surface area (Å²) in [5.41, 5.74) is 0. The lowest BCUT2D eigenvalue weighted by atomic mass is 10.1. The molecule has 1 amide bonds. The maximum atomic E-state index is 11.7. The van der Waals surface area contributed by atoms with E-state index in [1.807, 2.05) is 11.8 Å². The van der Waals surface area contributed by atoms with Crippen molar-refractivity contribution in [1.82, 2.24) is 15.1 Å². The molecule has 16 heavy (non-hydrogen) atoms. The van der Waals surface area contributed by atoms with Gasteiger partial charge < -0.3 is 15.0 Å². The van der Waals surface area contributed by atoms with Gasteiger partial charge in [-0.1, -0.05) is 0 Å². The molecule has 0 aromatic rings. The quantitative estimate of drug-likeness (QED) is 0.679. The van der Waals surface area contributed by atoms with Crippen LogP contribution < -0.4 is 5.32 Å². The molecule has 0 aliphatic carbocycles. The number of piperazine rings is 1. The van der Waals surface area contributed by atoms with E-state index >= 15 is 0 Å². The van der Waals surface area contributed by atoms with Crippen LogP contribution in [0.15, 0.2) is 0 Å². The minimum Gasteiger partial charge on any atom is -0.372 e. The third kappa shape index (κ3) is 2.72. The smallest absolute Gasteiger partial charge is 0.248 e. The van der Waals surface area contributed by atoms with Gasteiger partial charge in [-0.3, -0.25) is 9.69 Å². The highest BCUT2D eigenvalue weighted by Crippen LogP contribution is 2.09. The normalized spacial score (nSPS) is 23.2. The fraction of sp³-hybridized carbons (Fsp3) is 0.909. The number of hydrogen-bond acceptors (Lipinski definition) is 4. The second kappa shape index (κ2) is 5.61. The highest BCUT2D eigenvalue weighted by atomic mass is 16.5. The van der Waals surface area contributed by atoms with Gasteiger partial charge in [-0.15, -0.1) is 0 Å². The van der Waals surface area contributed by atoms with Gasteiger partial charge in [0, 0.05) is 51.9 Å². The van der Waals surface area contributed by atoms with Crippen molar-refractivity contribution in [3.05, 3.63) is 0 Å². The van der Waals surface area contributed by atoms with Crippen molar-refractivity contribution in [2.24, 2.45) is 0 Å². The minimum absolute atomic E-state index is 0.133. The molecule has 1 N–H and O–H groups in total. The lowest BCUT2D eigenvalue weighted by Gasteiger charge is -2.43. The molecular formula is C11H21N3O2. The Labute approximate surface area is 96.7 Å². The summed E-state index contributed by atoms with van der Waals surface area (Å²) in [6.45, 7) is 8.68. The predicted molar refractivity (Wildman–Crippen MR) is 61.3 cm³/mol. The SMILES string of the molecule is CCOCC(=O)N1CCN(C2CNC2)CC1. The third-order valence-electron chi connectivity index (χ3n) is 3.37. The van der Waals surface area contributed by atoms with E-state index in [4.69, 9.17) is 4.74 Å². The number of ether oxygens (including phenoxy) is 1. The Kier molecular flexibility index (Phi) is 4.15. The summed E-state index contributed by atoms with van der Waals surface area (Å²) in [5, 5.41) is 3.28.